The number of nitrogens with zero attached hydrogens (tertiary/aromatic N) is 1. The molecule has 2 aromatic rings. The van der Waals surface area contributed by atoms with Crippen LogP contribution in [0.5, 0.6) is 11.5 Å². The Kier molecular flexibility index (Phi) is 6.51. The Morgan fingerprint density at radius 1 is 1.14 bits per heavy atom. The normalized spacial score (nSPS) is 14.3. The van der Waals surface area contributed by atoms with Crippen molar-refractivity contribution >= 4 is 11.6 Å². The highest BCUT2D eigenvalue weighted by Gasteiger charge is 2.29. The Morgan fingerprint density at radius 2 is 1.93 bits per heavy atom. The van der Waals surface area contributed by atoms with Gasteiger partial charge in [-0.2, -0.15) is 13.2 Å². The lowest BCUT2D eigenvalue weighted by molar-refractivity contribution is -0.153. The van der Waals surface area contributed by atoms with Crippen molar-refractivity contribution in [1.82, 2.24) is 0 Å². The molecule has 3 rings (SSSR count). The van der Waals surface area contributed by atoms with Gasteiger partial charge in [0.1, 0.15) is 0 Å². The fraction of sp³-hybridized carbons (Fsp3) is 0.381. The van der Waals surface area contributed by atoms with Gasteiger partial charge in [-0.3, -0.25) is 0 Å². The summed E-state index contributed by atoms with van der Waals surface area (Å²) in [5.74, 6) is 0.519. The molecule has 0 spiro atoms. The van der Waals surface area contributed by atoms with Gasteiger partial charge in [-0.15, -0.1) is 0 Å². The van der Waals surface area contributed by atoms with Crippen LogP contribution in [0.2, 0.25) is 0 Å². The van der Waals surface area contributed by atoms with Crippen LogP contribution in [0.1, 0.15) is 29.5 Å². The summed E-state index contributed by atoms with van der Waals surface area (Å²) in [7, 11) is 1.37. The van der Waals surface area contributed by atoms with E-state index in [2.05, 4.69) is 16.4 Å². The summed E-state index contributed by atoms with van der Waals surface area (Å²) in [6, 6.07) is 10.8. The topological polar surface area (TPSA) is 68.9 Å². The van der Waals surface area contributed by atoms with Crippen LogP contribution in [0.15, 0.2) is 41.4 Å². The Morgan fingerprint density at radius 3 is 2.69 bits per heavy atom. The smallest absolute Gasteiger partial charge is 0.422 e. The van der Waals surface area contributed by atoms with Crippen molar-refractivity contribution in [3.05, 3.63) is 53.1 Å². The lowest BCUT2D eigenvalue weighted by Gasteiger charge is -2.19. The zero-order chi connectivity index (χ0) is 20.9. The van der Waals surface area contributed by atoms with Crippen LogP contribution in [0, 0.1) is 0 Å². The van der Waals surface area contributed by atoms with Crippen LogP contribution >= 0.6 is 0 Å². The zero-order valence-electron chi connectivity index (χ0n) is 16.2. The van der Waals surface area contributed by atoms with E-state index in [1.54, 1.807) is 12.1 Å². The first-order valence-electron chi connectivity index (χ1n) is 9.40. The van der Waals surface area contributed by atoms with E-state index in [1.807, 2.05) is 12.1 Å². The minimum atomic E-state index is -4.41. The van der Waals surface area contributed by atoms with Crippen molar-refractivity contribution in [2.75, 3.05) is 19.0 Å². The fourth-order valence-corrected chi connectivity index (χ4v) is 3.34. The average molecular weight is 407 g/mol. The number of anilines is 1. The second-order valence-electron chi connectivity index (χ2n) is 6.87. The van der Waals surface area contributed by atoms with Crippen LogP contribution in [0.4, 0.5) is 18.9 Å². The van der Waals surface area contributed by atoms with Gasteiger partial charge in [0.15, 0.2) is 24.1 Å². The highest BCUT2D eigenvalue weighted by Crippen LogP contribution is 2.30. The number of nitrogens with two attached hydrogens (primary N) is 1. The number of hydrogen-bond acceptors (Lipinski definition) is 3. The lowest BCUT2D eigenvalue weighted by Crippen LogP contribution is -2.24. The number of fused-ring (bicyclic) bond motifs is 1. The maximum atomic E-state index is 12.3. The van der Waals surface area contributed by atoms with Crippen LogP contribution in [0.25, 0.3) is 0 Å². The summed E-state index contributed by atoms with van der Waals surface area (Å²) in [4.78, 5) is 4.34. The molecule has 0 saturated heterocycles. The lowest BCUT2D eigenvalue weighted by atomic mass is 9.90. The molecule has 0 fully saturated rings. The fourth-order valence-electron chi connectivity index (χ4n) is 3.34. The monoisotopic (exact) mass is 407 g/mol. The molecule has 0 unspecified atom stereocenters. The SMILES string of the molecule is COc1cc(CN=C(N)Nc2cccc3c2CCCC3)ccc1OCC(F)(F)F. The Labute approximate surface area is 167 Å². The number of aliphatic imine (C=N–C) groups is 1. The molecule has 1 aliphatic carbocycles. The number of aryl methyl sites for hydroxylation is 1. The molecule has 0 bridgehead atoms. The maximum Gasteiger partial charge on any atom is 0.422 e. The largest absolute Gasteiger partial charge is 0.493 e. The highest BCUT2D eigenvalue weighted by atomic mass is 19.4. The Hall–Kier alpha value is -2.90. The quantitative estimate of drug-likeness (QED) is 0.549. The van der Waals surface area contributed by atoms with E-state index in [1.165, 1.54) is 30.7 Å². The van der Waals surface area contributed by atoms with E-state index >= 15 is 0 Å². The van der Waals surface area contributed by atoms with Crippen LogP contribution < -0.4 is 20.5 Å². The predicted octanol–water partition coefficient (Wildman–Crippen LogP) is 4.44. The second kappa shape index (κ2) is 9.07. The summed E-state index contributed by atoms with van der Waals surface area (Å²) in [5, 5.41) is 3.16. The van der Waals surface area contributed by atoms with Gasteiger partial charge in [-0.05, 0) is 60.6 Å². The molecule has 0 heterocycles. The number of ether oxygens (including phenoxy) is 2. The molecule has 0 atom stereocenters. The second-order valence-corrected chi connectivity index (χ2v) is 6.87. The molecular formula is C21H24F3N3O2. The van der Waals surface area contributed by atoms with E-state index in [0.717, 1.165) is 30.5 Å². The standard InChI is InChI=1S/C21H24F3N3O2/c1-28-19-11-14(9-10-18(19)29-13-21(22,23)24)12-26-20(25)27-17-8-4-6-15-5-2-3-7-16(15)17/h4,6,8-11H,2-3,5,7,12-13H2,1H3,(H3,25,26,27). The van der Waals surface area contributed by atoms with Gasteiger partial charge >= 0.3 is 6.18 Å². The van der Waals surface area contributed by atoms with Crippen molar-refractivity contribution in [3.63, 3.8) is 0 Å². The van der Waals surface area contributed by atoms with Crippen molar-refractivity contribution in [2.45, 2.75) is 38.4 Å². The molecule has 0 saturated carbocycles. The molecule has 3 N–H and O–H groups in total. The van der Waals surface area contributed by atoms with Crippen LogP contribution in [-0.2, 0) is 19.4 Å². The molecule has 2 aromatic carbocycles. The summed E-state index contributed by atoms with van der Waals surface area (Å²) in [6.45, 7) is -1.12. The third-order valence-electron chi connectivity index (χ3n) is 4.71. The number of benzene rings is 2. The van der Waals surface area contributed by atoms with Gasteiger partial charge in [0.25, 0.3) is 0 Å². The van der Waals surface area contributed by atoms with Gasteiger partial charge in [0.2, 0.25) is 0 Å². The molecular weight excluding hydrogens is 383 g/mol. The van der Waals surface area contributed by atoms with E-state index in [4.69, 9.17) is 15.2 Å². The van der Waals surface area contributed by atoms with Gasteiger partial charge in [0, 0.05) is 5.69 Å². The third-order valence-corrected chi connectivity index (χ3v) is 4.71. The maximum absolute atomic E-state index is 12.3. The average Bonchev–Trinajstić information content (AvgIpc) is 2.70. The first-order valence-corrected chi connectivity index (χ1v) is 9.40. The van der Waals surface area contributed by atoms with E-state index in [9.17, 15) is 13.2 Å². The van der Waals surface area contributed by atoms with Gasteiger partial charge in [-0.1, -0.05) is 18.2 Å². The molecule has 0 radical (unpaired) electrons. The molecule has 0 amide bonds. The minimum absolute atomic E-state index is 0.0274. The van der Waals surface area contributed by atoms with Crippen molar-refractivity contribution < 1.29 is 22.6 Å². The first kappa shape index (κ1) is 20.8. The van der Waals surface area contributed by atoms with Gasteiger partial charge < -0.3 is 20.5 Å². The number of nitrogens with one attached hydrogen (secondary N) is 1. The number of methoxy groups -OCH3 is 1. The number of hydrogen-bond donors (Lipinski definition) is 2. The van der Waals surface area contributed by atoms with Crippen molar-refractivity contribution in [2.24, 2.45) is 10.7 Å². The minimum Gasteiger partial charge on any atom is -0.493 e. The van der Waals surface area contributed by atoms with E-state index in [-0.39, 0.29) is 24.0 Å². The number of guanidine groups is 1. The van der Waals surface area contributed by atoms with Gasteiger partial charge in [0.05, 0.1) is 13.7 Å². The molecule has 5 nitrogen and oxygen atoms in total. The number of rotatable bonds is 6. The summed E-state index contributed by atoms with van der Waals surface area (Å²) >= 11 is 0. The van der Waals surface area contributed by atoms with E-state index in [0.29, 0.717) is 0 Å². The zero-order valence-corrected chi connectivity index (χ0v) is 16.2. The van der Waals surface area contributed by atoms with Gasteiger partial charge in [-0.25, -0.2) is 4.99 Å². The Bertz CT molecular complexity index is 882. The van der Waals surface area contributed by atoms with E-state index < -0.39 is 12.8 Å². The number of halogens is 3. The number of alkyl halides is 3. The van der Waals surface area contributed by atoms with Crippen LogP contribution in [-0.4, -0.2) is 25.9 Å². The molecule has 29 heavy (non-hydrogen) atoms. The first-order chi connectivity index (χ1) is 13.9. The van der Waals surface area contributed by atoms with Crippen molar-refractivity contribution in [1.29, 1.82) is 0 Å². The summed E-state index contributed by atoms with van der Waals surface area (Å²) in [6.07, 6.45) is 0.0351. The summed E-state index contributed by atoms with van der Waals surface area (Å²) in [5.41, 5.74) is 10.4. The molecule has 0 aromatic heterocycles. The third kappa shape index (κ3) is 5.79. The molecule has 1 aliphatic rings. The summed E-state index contributed by atoms with van der Waals surface area (Å²) < 4.78 is 46.9. The molecule has 0 aliphatic heterocycles. The predicted molar refractivity (Wildman–Crippen MR) is 107 cm³/mol. The van der Waals surface area contributed by atoms with Crippen molar-refractivity contribution in [3.8, 4) is 11.5 Å². The highest BCUT2D eigenvalue weighted by molar-refractivity contribution is 5.93. The molecule has 8 heteroatoms. The van der Waals surface area contributed by atoms with Crippen LogP contribution in [0.3, 0.4) is 0 Å². The Balaban J connectivity index is 1.66. The molecule has 156 valence electrons.